The fraction of sp³-hybridized carbons (Fsp3) is 0.818. The minimum absolute atomic E-state index is 0.349. The molecule has 1 fully saturated rings. The minimum Gasteiger partial charge on any atom is -0.339 e. The van der Waals surface area contributed by atoms with Crippen LogP contribution in [-0.2, 0) is 6.42 Å². The first-order chi connectivity index (χ1) is 7.70. The molecule has 90 valence electrons. The van der Waals surface area contributed by atoms with Crippen molar-refractivity contribution in [1.82, 2.24) is 20.4 Å². The summed E-state index contributed by atoms with van der Waals surface area (Å²) in [6, 6.07) is 0.719. The predicted molar refractivity (Wildman–Crippen MR) is 61.1 cm³/mol. The lowest BCUT2D eigenvalue weighted by atomic mass is 10.2. The lowest BCUT2D eigenvalue weighted by molar-refractivity contribution is 0.291. The first-order valence-corrected chi connectivity index (χ1v) is 5.90. The Balaban J connectivity index is 2.01. The van der Waals surface area contributed by atoms with Gasteiger partial charge in [-0.3, -0.25) is 4.90 Å². The average Bonchev–Trinajstić information content (AvgIpc) is 2.86. The monoisotopic (exact) mass is 224 g/mol. The SMILES string of the molecule is CNC(C)Cc1nc(C2CCCN2C)no1. The Kier molecular flexibility index (Phi) is 3.56. The van der Waals surface area contributed by atoms with E-state index in [1.165, 1.54) is 6.42 Å². The number of hydrogen-bond donors (Lipinski definition) is 1. The Morgan fingerprint density at radius 1 is 1.62 bits per heavy atom. The summed E-state index contributed by atoms with van der Waals surface area (Å²) < 4.78 is 5.27. The standard InChI is InChI=1S/C11H20N4O/c1-8(12-2)7-10-13-11(14-16-10)9-5-4-6-15(9)3/h8-9,12H,4-7H2,1-3H3. The van der Waals surface area contributed by atoms with E-state index < -0.39 is 0 Å². The summed E-state index contributed by atoms with van der Waals surface area (Å²) in [5, 5.41) is 7.24. The van der Waals surface area contributed by atoms with Crippen LogP contribution in [0.3, 0.4) is 0 Å². The molecule has 2 unspecified atom stereocenters. The molecule has 1 aromatic heterocycles. The highest BCUT2D eigenvalue weighted by molar-refractivity contribution is 4.98. The zero-order valence-electron chi connectivity index (χ0n) is 10.2. The van der Waals surface area contributed by atoms with Crippen molar-refractivity contribution in [1.29, 1.82) is 0 Å². The Labute approximate surface area is 96.2 Å². The molecular weight excluding hydrogens is 204 g/mol. The highest BCUT2D eigenvalue weighted by Gasteiger charge is 2.27. The quantitative estimate of drug-likeness (QED) is 0.826. The van der Waals surface area contributed by atoms with Crippen LogP contribution in [0.5, 0.6) is 0 Å². The van der Waals surface area contributed by atoms with Crippen LogP contribution in [0.15, 0.2) is 4.52 Å². The largest absolute Gasteiger partial charge is 0.339 e. The van der Waals surface area contributed by atoms with Crippen LogP contribution in [0.2, 0.25) is 0 Å². The van der Waals surface area contributed by atoms with E-state index in [4.69, 9.17) is 4.52 Å². The molecule has 1 saturated heterocycles. The highest BCUT2D eigenvalue weighted by Crippen LogP contribution is 2.28. The molecule has 2 rings (SSSR count). The van der Waals surface area contributed by atoms with Gasteiger partial charge in [0.1, 0.15) is 0 Å². The predicted octanol–water partition coefficient (Wildman–Crippen LogP) is 0.987. The molecule has 1 aliphatic heterocycles. The van der Waals surface area contributed by atoms with Crippen LogP contribution in [0.25, 0.3) is 0 Å². The summed E-state index contributed by atoms with van der Waals surface area (Å²) in [7, 11) is 4.05. The minimum atomic E-state index is 0.349. The molecular formula is C11H20N4O. The molecule has 0 bridgehead atoms. The van der Waals surface area contributed by atoms with Gasteiger partial charge in [0.25, 0.3) is 0 Å². The maximum Gasteiger partial charge on any atom is 0.228 e. The number of nitrogens with zero attached hydrogens (tertiary/aromatic N) is 3. The van der Waals surface area contributed by atoms with E-state index in [2.05, 4.69) is 34.3 Å². The van der Waals surface area contributed by atoms with Crippen LogP contribution in [0.4, 0.5) is 0 Å². The van der Waals surface area contributed by atoms with Gasteiger partial charge in [-0.1, -0.05) is 5.16 Å². The van der Waals surface area contributed by atoms with Gasteiger partial charge in [0.15, 0.2) is 5.82 Å². The molecule has 0 spiro atoms. The molecule has 0 aromatic carbocycles. The first-order valence-electron chi connectivity index (χ1n) is 5.90. The summed E-state index contributed by atoms with van der Waals surface area (Å²) in [5.74, 6) is 1.58. The third-order valence-corrected chi connectivity index (χ3v) is 3.28. The van der Waals surface area contributed by atoms with Crippen molar-refractivity contribution in [2.45, 2.75) is 38.3 Å². The lowest BCUT2D eigenvalue weighted by Crippen LogP contribution is -2.23. The maximum atomic E-state index is 5.27. The van der Waals surface area contributed by atoms with Gasteiger partial charge in [-0.2, -0.15) is 4.98 Å². The lowest BCUT2D eigenvalue weighted by Gasteiger charge is -2.14. The van der Waals surface area contributed by atoms with Crippen molar-refractivity contribution >= 4 is 0 Å². The van der Waals surface area contributed by atoms with E-state index in [-0.39, 0.29) is 0 Å². The Morgan fingerprint density at radius 2 is 2.44 bits per heavy atom. The molecule has 0 aliphatic carbocycles. The van der Waals surface area contributed by atoms with Crippen LogP contribution >= 0.6 is 0 Å². The molecule has 5 nitrogen and oxygen atoms in total. The van der Waals surface area contributed by atoms with Gasteiger partial charge in [0.05, 0.1) is 6.04 Å². The molecule has 2 atom stereocenters. The number of likely N-dealkylation sites (tertiary alicyclic amines) is 1. The molecule has 0 amide bonds. The molecule has 0 radical (unpaired) electrons. The summed E-state index contributed by atoms with van der Waals surface area (Å²) in [6.45, 7) is 3.23. The van der Waals surface area contributed by atoms with Crippen molar-refractivity contribution < 1.29 is 4.52 Å². The van der Waals surface area contributed by atoms with Gasteiger partial charge < -0.3 is 9.84 Å². The van der Waals surface area contributed by atoms with E-state index >= 15 is 0 Å². The van der Waals surface area contributed by atoms with E-state index in [1.54, 1.807) is 0 Å². The van der Waals surface area contributed by atoms with E-state index in [1.807, 2.05) is 7.05 Å². The summed E-state index contributed by atoms with van der Waals surface area (Å²) in [6.07, 6.45) is 3.15. The van der Waals surface area contributed by atoms with E-state index in [0.717, 1.165) is 31.1 Å². The Hall–Kier alpha value is -0.940. The number of likely N-dealkylation sites (N-methyl/N-ethyl adjacent to an activating group) is 1. The number of nitrogens with one attached hydrogen (secondary N) is 1. The zero-order valence-corrected chi connectivity index (χ0v) is 10.2. The van der Waals surface area contributed by atoms with Gasteiger partial charge in [-0.15, -0.1) is 0 Å². The number of hydrogen-bond acceptors (Lipinski definition) is 5. The van der Waals surface area contributed by atoms with Gasteiger partial charge in [0.2, 0.25) is 5.89 Å². The van der Waals surface area contributed by atoms with E-state index in [0.29, 0.717) is 12.1 Å². The van der Waals surface area contributed by atoms with Gasteiger partial charge >= 0.3 is 0 Å². The van der Waals surface area contributed by atoms with Crippen LogP contribution in [-0.4, -0.2) is 41.7 Å². The summed E-state index contributed by atoms with van der Waals surface area (Å²) in [4.78, 5) is 6.76. The second-order valence-electron chi connectivity index (χ2n) is 4.58. The summed E-state index contributed by atoms with van der Waals surface area (Å²) >= 11 is 0. The van der Waals surface area contributed by atoms with Gasteiger partial charge in [-0.05, 0) is 40.4 Å². The van der Waals surface area contributed by atoms with Crippen LogP contribution in [0, 0.1) is 0 Å². The highest BCUT2D eigenvalue weighted by atomic mass is 16.5. The fourth-order valence-corrected chi connectivity index (χ4v) is 2.09. The smallest absolute Gasteiger partial charge is 0.228 e. The van der Waals surface area contributed by atoms with Crippen molar-refractivity contribution in [3.05, 3.63) is 11.7 Å². The molecule has 1 aliphatic rings. The molecule has 5 heteroatoms. The normalized spacial score (nSPS) is 23.8. The second-order valence-corrected chi connectivity index (χ2v) is 4.58. The van der Waals surface area contributed by atoms with Crippen molar-refractivity contribution in [2.24, 2.45) is 0 Å². The molecule has 1 aromatic rings. The first kappa shape index (κ1) is 11.5. The number of aromatic nitrogens is 2. The van der Waals surface area contributed by atoms with Crippen molar-refractivity contribution in [3.63, 3.8) is 0 Å². The molecule has 2 heterocycles. The van der Waals surface area contributed by atoms with Gasteiger partial charge in [0, 0.05) is 12.5 Å². The average molecular weight is 224 g/mol. The van der Waals surface area contributed by atoms with Gasteiger partial charge in [-0.25, -0.2) is 0 Å². The third kappa shape index (κ3) is 2.41. The Bertz CT molecular complexity index is 338. The van der Waals surface area contributed by atoms with Crippen LogP contribution < -0.4 is 5.32 Å². The van der Waals surface area contributed by atoms with Crippen molar-refractivity contribution in [3.8, 4) is 0 Å². The topological polar surface area (TPSA) is 54.2 Å². The summed E-state index contributed by atoms with van der Waals surface area (Å²) in [5.41, 5.74) is 0. The third-order valence-electron chi connectivity index (χ3n) is 3.28. The number of rotatable bonds is 4. The molecule has 0 saturated carbocycles. The fourth-order valence-electron chi connectivity index (χ4n) is 2.09. The maximum absolute atomic E-state index is 5.27. The second kappa shape index (κ2) is 4.93. The molecule has 16 heavy (non-hydrogen) atoms. The van der Waals surface area contributed by atoms with Crippen molar-refractivity contribution in [2.75, 3.05) is 20.6 Å². The van der Waals surface area contributed by atoms with E-state index in [9.17, 15) is 0 Å². The zero-order chi connectivity index (χ0) is 11.5. The molecule has 1 N–H and O–H groups in total. The van der Waals surface area contributed by atoms with Crippen LogP contribution in [0.1, 0.15) is 37.5 Å². The Morgan fingerprint density at radius 3 is 3.06 bits per heavy atom.